The fourth-order valence-electron chi connectivity index (χ4n) is 5.16. The van der Waals surface area contributed by atoms with Crippen LogP contribution in [0.4, 0.5) is 0 Å². The van der Waals surface area contributed by atoms with Gasteiger partial charge in [-0.1, -0.05) is 128 Å². The summed E-state index contributed by atoms with van der Waals surface area (Å²) in [5.41, 5.74) is 1.50. The zero-order valence-corrected chi connectivity index (χ0v) is 21.2. The van der Waals surface area contributed by atoms with Crippen molar-refractivity contribution in [2.75, 3.05) is 0 Å². The predicted octanol–water partition coefficient (Wildman–Crippen LogP) is 8.98. The maximum absolute atomic E-state index is 3.30. The highest BCUT2D eigenvalue weighted by Crippen LogP contribution is 2.29. The van der Waals surface area contributed by atoms with Crippen molar-refractivity contribution in [3.63, 3.8) is 0 Å². The fraction of sp³-hybridized carbons (Fsp3) is 0.700. The lowest BCUT2D eigenvalue weighted by atomic mass is 9.84. The van der Waals surface area contributed by atoms with Crippen molar-refractivity contribution in [1.82, 2.24) is 4.98 Å². The number of hydrogen-bond donors (Lipinski definition) is 1. The molecule has 2 atom stereocenters. The summed E-state index contributed by atoms with van der Waals surface area (Å²) in [6.45, 7) is 4.61. The molecule has 2 rings (SSSR count). The van der Waals surface area contributed by atoms with Crippen LogP contribution >= 0.6 is 0 Å². The van der Waals surface area contributed by atoms with Crippen LogP contribution in [0.5, 0.6) is 0 Å². The third kappa shape index (κ3) is 11.3. The maximum atomic E-state index is 3.30. The van der Waals surface area contributed by atoms with Crippen molar-refractivity contribution in [2.24, 2.45) is 5.92 Å². The summed E-state index contributed by atoms with van der Waals surface area (Å²) >= 11 is 0. The molecule has 2 unspecified atom stereocenters. The molecule has 0 aliphatic rings. The van der Waals surface area contributed by atoms with E-state index in [-0.39, 0.29) is 0 Å². The van der Waals surface area contributed by atoms with Crippen molar-refractivity contribution < 1.29 is 4.57 Å². The van der Waals surface area contributed by atoms with E-state index in [1.807, 2.05) is 0 Å². The number of hydrogen-bond acceptors (Lipinski definition) is 0. The van der Waals surface area contributed by atoms with Crippen LogP contribution in [0.15, 0.2) is 49.1 Å². The molecule has 180 valence electrons. The van der Waals surface area contributed by atoms with Gasteiger partial charge in [0.1, 0.15) is 18.4 Å². The number of nitrogens with one attached hydrogen (secondary N) is 1. The van der Waals surface area contributed by atoms with Gasteiger partial charge >= 0.3 is 0 Å². The number of aromatic amines is 1. The normalized spacial score (nSPS) is 13.3. The molecule has 32 heavy (non-hydrogen) atoms. The minimum absolute atomic E-state index is 0.608. The van der Waals surface area contributed by atoms with Crippen LogP contribution in [0.25, 0.3) is 0 Å². The van der Waals surface area contributed by atoms with E-state index in [1.54, 1.807) is 0 Å². The lowest BCUT2D eigenvalue weighted by Gasteiger charge is -2.25. The molecule has 1 heterocycles. The Morgan fingerprint density at radius 3 is 1.84 bits per heavy atom. The van der Waals surface area contributed by atoms with Gasteiger partial charge in [-0.2, -0.15) is 0 Å². The van der Waals surface area contributed by atoms with Gasteiger partial charge in [0, 0.05) is 5.92 Å². The molecule has 0 saturated carbocycles. The van der Waals surface area contributed by atoms with E-state index in [1.165, 1.54) is 115 Å². The summed E-state index contributed by atoms with van der Waals surface area (Å²) in [7, 11) is 0. The van der Waals surface area contributed by atoms with Crippen molar-refractivity contribution in [3.05, 3.63) is 54.6 Å². The predicted molar refractivity (Wildman–Crippen MR) is 139 cm³/mol. The first-order chi connectivity index (χ1) is 15.8. The first kappa shape index (κ1) is 26.7. The van der Waals surface area contributed by atoms with Crippen LogP contribution in [0.3, 0.4) is 0 Å². The topological polar surface area (TPSA) is 19.7 Å². The molecule has 1 aromatic heterocycles. The summed E-state index contributed by atoms with van der Waals surface area (Å²) < 4.78 is 2.47. The molecule has 2 heteroatoms. The van der Waals surface area contributed by atoms with E-state index in [4.69, 9.17) is 0 Å². The molecule has 0 bridgehead atoms. The number of aromatic nitrogens is 2. The summed E-state index contributed by atoms with van der Waals surface area (Å²) in [4.78, 5) is 3.30. The molecule has 0 spiro atoms. The molecule has 2 nitrogen and oxygen atoms in total. The van der Waals surface area contributed by atoms with Crippen LogP contribution in [0.1, 0.15) is 128 Å². The highest BCUT2D eigenvalue weighted by atomic mass is 15.1. The first-order valence-electron chi connectivity index (χ1n) is 13.9. The molecule has 0 aliphatic heterocycles. The number of rotatable bonds is 20. The number of H-pyrrole nitrogens is 1. The van der Waals surface area contributed by atoms with Crippen molar-refractivity contribution in [3.8, 4) is 0 Å². The van der Waals surface area contributed by atoms with E-state index in [9.17, 15) is 0 Å². The Morgan fingerprint density at radius 2 is 1.25 bits per heavy atom. The van der Waals surface area contributed by atoms with Gasteiger partial charge in [0.25, 0.3) is 0 Å². The third-order valence-electron chi connectivity index (χ3n) is 7.12. The van der Waals surface area contributed by atoms with Gasteiger partial charge in [-0.3, -0.25) is 4.98 Å². The highest BCUT2D eigenvalue weighted by molar-refractivity contribution is 5.15. The van der Waals surface area contributed by atoms with Gasteiger partial charge in [0.2, 0.25) is 6.33 Å². The largest absolute Gasteiger partial charge is 0.250 e. The van der Waals surface area contributed by atoms with Gasteiger partial charge in [0.05, 0.1) is 0 Å². The van der Waals surface area contributed by atoms with E-state index < -0.39 is 0 Å². The molecular weight excluding hydrogens is 388 g/mol. The lowest BCUT2D eigenvalue weighted by molar-refractivity contribution is -0.730. The first-order valence-corrected chi connectivity index (χ1v) is 13.9. The summed E-state index contributed by atoms with van der Waals surface area (Å²) in [5, 5.41) is 0. The van der Waals surface area contributed by atoms with Crippen molar-refractivity contribution in [1.29, 1.82) is 0 Å². The standard InChI is InChI=1S/C30H50N2/c1-3-5-7-9-10-11-12-13-14-18-22-29(26-28-20-16-15-17-21-28)30(23-19-8-6-4-2)32-25-24-31-27-32/h15-17,20-21,24-25,27,29-30H,3-14,18-19,22-23,26H2,1-2H3/p+1. The van der Waals surface area contributed by atoms with Crippen molar-refractivity contribution in [2.45, 2.75) is 129 Å². The Balaban J connectivity index is 1.85. The fourth-order valence-corrected chi connectivity index (χ4v) is 5.16. The van der Waals surface area contributed by atoms with E-state index in [0.717, 1.165) is 0 Å². The zero-order valence-electron chi connectivity index (χ0n) is 21.2. The molecule has 1 aromatic carbocycles. The number of benzene rings is 1. The van der Waals surface area contributed by atoms with E-state index >= 15 is 0 Å². The highest BCUT2D eigenvalue weighted by Gasteiger charge is 2.26. The van der Waals surface area contributed by atoms with Crippen LogP contribution in [0.2, 0.25) is 0 Å². The van der Waals surface area contributed by atoms with Gasteiger partial charge in [-0.05, 0) is 31.2 Å². The summed E-state index contributed by atoms with van der Waals surface area (Å²) in [6, 6.07) is 11.8. The Morgan fingerprint density at radius 1 is 0.688 bits per heavy atom. The summed E-state index contributed by atoms with van der Waals surface area (Å²) in [5.74, 6) is 0.717. The molecule has 0 aliphatic carbocycles. The number of unbranched alkanes of at least 4 members (excludes halogenated alkanes) is 12. The zero-order chi connectivity index (χ0) is 22.7. The number of nitrogens with zero attached hydrogens (tertiary/aromatic N) is 1. The average molecular weight is 440 g/mol. The Hall–Kier alpha value is -1.57. The van der Waals surface area contributed by atoms with Gasteiger partial charge < -0.3 is 0 Å². The molecule has 0 amide bonds. The number of imidazole rings is 1. The third-order valence-corrected chi connectivity index (χ3v) is 7.12. The monoisotopic (exact) mass is 439 g/mol. The summed E-state index contributed by atoms with van der Waals surface area (Å²) in [6.07, 6.45) is 29.9. The minimum Gasteiger partial charge on any atom is -0.250 e. The van der Waals surface area contributed by atoms with Crippen LogP contribution in [-0.4, -0.2) is 4.98 Å². The van der Waals surface area contributed by atoms with Crippen LogP contribution < -0.4 is 4.57 Å². The minimum atomic E-state index is 0.608. The Labute approximate surface area is 199 Å². The Bertz CT molecular complexity index is 634. The maximum Gasteiger partial charge on any atom is 0.241 e. The smallest absolute Gasteiger partial charge is 0.241 e. The van der Waals surface area contributed by atoms with Crippen LogP contribution in [0, 0.1) is 5.92 Å². The Kier molecular flexibility index (Phi) is 14.9. The SMILES string of the molecule is CCCCCCCCCCCCC(Cc1ccccc1)C(CCCCCC)[n+]1cc[nH]c1. The molecule has 1 N–H and O–H groups in total. The van der Waals surface area contributed by atoms with Crippen LogP contribution in [-0.2, 0) is 6.42 Å². The second kappa shape index (κ2) is 17.9. The molecule has 0 radical (unpaired) electrons. The van der Waals surface area contributed by atoms with Gasteiger partial charge in [-0.15, -0.1) is 0 Å². The second-order valence-corrected chi connectivity index (χ2v) is 9.90. The average Bonchev–Trinajstić information content (AvgIpc) is 3.35. The second-order valence-electron chi connectivity index (χ2n) is 9.90. The molecule has 0 fully saturated rings. The lowest BCUT2D eigenvalue weighted by Crippen LogP contribution is -2.42. The van der Waals surface area contributed by atoms with E-state index in [2.05, 4.69) is 72.5 Å². The van der Waals surface area contributed by atoms with Crippen molar-refractivity contribution >= 4 is 0 Å². The van der Waals surface area contributed by atoms with E-state index in [0.29, 0.717) is 12.0 Å². The quantitative estimate of drug-likeness (QED) is 0.157. The van der Waals surface area contributed by atoms with Gasteiger partial charge in [-0.25, -0.2) is 4.57 Å². The molecule has 2 aromatic rings. The molecule has 0 saturated heterocycles. The molecular formula is C30H51N2+. The van der Waals surface area contributed by atoms with Gasteiger partial charge in [0.15, 0.2) is 0 Å².